The molecule has 0 amide bonds. The van der Waals surface area contributed by atoms with E-state index < -0.39 is 0 Å². The molecule has 0 unspecified atom stereocenters. The van der Waals surface area contributed by atoms with Crippen LogP contribution in [-0.2, 0) is 0 Å². The standard InChI is InChI=1S/C15H9NOS/c1-2-6-11-10(5-1)9-17-14(11)15-16-12-7-3-4-8-13(12)18-15/h1-9H. The third kappa shape index (κ3) is 1.38. The van der Waals surface area contributed by atoms with E-state index in [1.165, 1.54) is 4.70 Å². The first kappa shape index (κ1) is 9.85. The second kappa shape index (κ2) is 3.68. The van der Waals surface area contributed by atoms with Crippen molar-refractivity contribution in [3.05, 3.63) is 54.8 Å². The topological polar surface area (TPSA) is 26.0 Å². The van der Waals surface area contributed by atoms with Crippen LogP contribution in [0.5, 0.6) is 0 Å². The number of rotatable bonds is 1. The van der Waals surface area contributed by atoms with Crippen LogP contribution in [-0.4, -0.2) is 4.98 Å². The molecule has 0 atom stereocenters. The molecule has 0 N–H and O–H groups in total. The number of para-hydroxylation sites is 1. The highest BCUT2D eigenvalue weighted by molar-refractivity contribution is 7.21. The highest BCUT2D eigenvalue weighted by atomic mass is 32.1. The van der Waals surface area contributed by atoms with Gasteiger partial charge < -0.3 is 4.42 Å². The minimum Gasteiger partial charge on any atom is -0.461 e. The number of benzene rings is 2. The van der Waals surface area contributed by atoms with E-state index in [4.69, 9.17) is 4.42 Å². The first-order valence-corrected chi connectivity index (χ1v) is 6.56. The summed E-state index contributed by atoms with van der Waals surface area (Å²) in [7, 11) is 0. The maximum atomic E-state index is 5.68. The number of hydrogen-bond acceptors (Lipinski definition) is 3. The molecular formula is C15H9NOS. The zero-order chi connectivity index (χ0) is 11.9. The molecule has 2 heterocycles. The van der Waals surface area contributed by atoms with Gasteiger partial charge in [-0.2, -0.15) is 0 Å². The molecular weight excluding hydrogens is 242 g/mol. The molecule has 3 heteroatoms. The predicted octanol–water partition coefficient (Wildman–Crippen LogP) is 4.71. The van der Waals surface area contributed by atoms with Gasteiger partial charge in [0.1, 0.15) is 0 Å². The predicted molar refractivity (Wildman–Crippen MR) is 74.8 cm³/mol. The Kier molecular flexibility index (Phi) is 2.02. The van der Waals surface area contributed by atoms with Crippen molar-refractivity contribution < 1.29 is 4.42 Å². The van der Waals surface area contributed by atoms with Crippen LogP contribution < -0.4 is 0 Å². The molecule has 0 saturated carbocycles. The van der Waals surface area contributed by atoms with E-state index >= 15 is 0 Å². The summed E-state index contributed by atoms with van der Waals surface area (Å²) >= 11 is 1.66. The fourth-order valence-electron chi connectivity index (χ4n) is 2.13. The zero-order valence-corrected chi connectivity index (χ0v) is 10.3. The van der Waals surface area contributed by atoms with Gasteiger partial charge in [-0.25, -0.2) is 4.98 Å². The highest BCUT2D eigenvalue weighted by Crippen LogP contribution is 2.35. The van der Waals surface area contributed by atoms with Gasteiger partial charge in [-0.05, 0) is 12.1 Å². The number of thiazole rings is 1. The molecule has 0 aliphatic carbocycles. The van der Waals surface area contributed by atoms with Crippen LogP contribution in [0.4, 0.5) is 0 Å². The Balaban J connectivity index is 2.01. The Morgan fingerprint density at radius 1 is 0.944 bits per heavy atom. The summed E-state index contributed by atoms with van der Waals surface area (Å²) in [5.74, 6) is 0.867. The van der Waals surface area contributed by atoms with Crippen molar-refractivity contribution in [2.75, 3.05) is 0 Å². The van der Waals surface area contributed by atoms with Crippen molar-refractivity contribution >= 4 is 32.3 Å². The molecule has 0 fully saturated rings. The fourth-order valence-corrected chi connectivity index (χ4v) is 3.10. The number of aromatic nitrogens is 1. The average Bonchev–Trinajstić information content (AvgIpc) is 3.02. The summed E-state index contributed by atoms with van der Waals surface area (Å²) in [6.45, 7) is 0. The summed E-state index contributed by atoms with van der Waals surface area (Å²) in [4.78, 5) is 4.63. The summed E-state index contributed by atoms with van der Waals surface area (Å²) in [6.07, 6.45) is 1.79. The number of furan rings is 1. The smallest absolute Gasteiger partial charge is 0.170 e. The van der Waals surface area contributed by atoms with Gasteiger partial charge in [-0.3, -0.25) is 0 Å². The molecule has 0 radical (unpaired) electrons. The monoisotopic (exact) mass is 251 g/mol. The van der Waals surface area contributed by atoms with E-state index in [1.807, 2.05) is 30.3 Å². The lowest BCUT2D eigenvalue weighted by molar-refractivity contribution is 0.587. The van der Waals surface area contributed by atoms with Crippen LogP contribution in [0.3, 0.4) is 0 Å². The van der Waals surface area contributed by atoms with Crippen LogP contribution in [0.1, 0.15) is 0 Å². The minimum absolute atomic E-state index is 0.867. The molecule has 4 aromatic rings. The summed E-state index contributed by atoms with van der Waals surface area (Å²) < 4.78 is 6.87. The van der Waals surface area contributed by atoms with Gasteiger partial charge in [0.15, 0.2) is 10.8 Å². The van der Waals surface area contributed by atoms with E-state index in [-0.39, 0.29) is 0 Å². The third-order valence-electron chi connectivity index (χ3n) is 3.00. The van der Waals surface area contributed by atoms with Crippen molar-refractivity contribution in [1.29, 1.82) is 0 Å². The van der Waals surface area contributed by atoms with E-state index in [1.54, 1.807) is 17.6 Å². The van der Waals surface area contributed by atoms with Crippen LogP contribution in [0, 0.1) is 0 Å². The maximum Gasteiger partial charge on any atom is 0.170 e. The fraction of sp³-hybridized carbons (Fsp3) is 0. The Labute approximate surface area is 108 Å². The SMILES string of the molecule is c1ccc2c(-c3nc4ccccc4s3)occ2c1. The van der Waals surface area contributed by atoms with Crippen LogP contribution >= 0.6 is 11.3 Å². The highest BCUT2D eigenvalue weighted by Gasteiger charge is 2.12. The van der Waals surface area contributed by atoms with Crippen molar-refractivity contribution in [3.8, 4) is 10.8 Å². The van der Waals surface area contributed by atoms with Crippen LogP contribution in [0.15, 0.2) is 59.2 Å². The molecule has 0 spiro atoms. The molecule has 2 nitrogen and oxygen atoms in total. The first-order chi connectivity index (χ1) is 8.92. The Morgan fingerprint density at radius 3 is 2.72 bits per heavy atom. The largest absolute Gasteiger partial charge is 0.461 e. The molecule has 0 aliphatic heterocycles. The Bertz CT molecular complexity index is 811. The molecule has 2 aromatic heterocycles. The zero-order valence-electron chi connectivity index (χ0n) is 9.46. The van der Waals surface area contributed by atoms with Crippen molar-refractivity contribution in [1.82, 2.24) is 4.98 Å². The normalized spacial score (nSPS) is 11.3. The van der Waals surface area contributed by atoms with Gasteiger partial charge >= 0.3 is 0 Å². The minimum atomic E-state index is 0.867. The maximum absolute atomic E-state index is 5.68. The molecule has 2 aromatic carbocycles. The van der Waals surface area contributed by atoms with Crippen molar-refractivity contribution in [3.63, 3.8) is 0 Å². The molecule has 0 bridgehead atoms. The van der Waals surface area contributed by atoms with E-state index in [2.05, 4.69) is 23.2 Å². The summed E-state index contributed by atoms with van der Waals surface area (Å²) in [5, 5.41) is 3.18. The molecule has 86 valence electrons. The number of fused-ring (bicyclic) bond motifs is 2. The van der Waals surface area contributed by atoms with Gasteiger partial charge in [-0.1, -0.05) is 36.4 Å². The lowest BCUT2D eigenvalue weighted by atomic mass is 10.2. The molecule has 4 rings (SSSR count). The molecule has 18 heavy (non-hydrogen) atoms. The van der Waals surface area contributed by atoms with Gasteiger partial charge in [0.05, 0.1) is 16.5 Å². The quantitative estimate of drug-likeness (QED) is 0.489. The van der Waals surface area contributed by atoms with Gasteiger partial charge in [0, 0.05) is 10.8 Å². The summed E-state index contributed by atoms with van der Waals surface area (Å²) in [6, 6.07) is 16.3. The molecule has 0 saturated heterocycles. The second-order valence-electron chi connectivity index (χ2n) is 4.14. The van der Waals surface area contributed by atoms with E-state index in [0.717, 1.165) is 27.1 Å². The van der Waals surface area contributed by atoms with Crippen molar-refractivity contribution in [2.45, 2.75) is 0 Å². The van der Waals surface area contributed by atoms with Crippen LogP contribution in [0.2, 0.25) is 0 Å². The van der Waals surface area contributed by atoms with Crippen LogP contribution in [0.25, 0.3) is 31.8 Å². The molecule has 0 aliphatic rings. The van der Waals surface area contributed by atoms with Crippen molar-refractivity contribution in [2.24, 2.45) is 0 Å². The van der Waals surface area contributed by atoms with Gasteiger partial charge in [0.25, 0.3) is 0 Å². The average molecular weight is 251 g/mol. The number of nitrogens with zero attached hydrogens (tertiary/aromatic N) is 1. The Morgan fingerprint density at radius 2 is 1.78 bits per heavy atom. The lowest BCUT2D eigenvalue weighted by Crippen LogP contribution is -1.72. The lowest BCUT2D eigenvalue weighted by Gasteiger charge is -1.90. The first-order valence-electron chi connectivity index (χ1n) is 5.74. The van der Waals surface area contributed by atoms with E-state index in [0.29, 0.717) is 0 Å². The van der Waals surface area contributed by atoms with E-state index in [9.17, 15) is 0 Å². The van der Waals surface area contributed by atoms with Gasteiger partial charge in [0.2, 0.25) is 0 Å². The number of hydrogen-bond donors (Lipinski definition) is 0. The van der Waals surface area contributed by atoms with Gasteiger partial charge in [-0.15, -0.1) is 11.3 Å². The third-order valence-corrected chi connectivity index (χ3v) is 4.03. The second-order valence-corrected chi connectivity index (χ2v) is 5.17. The Hall–Kier alpha value is -2.13. The summed E-state index contributed by atoms with van der Waals surface area (Å²) in [5.41, 5.74) is 1.03.